The van der Waals surface area contributed by atoms with E-state index in [1.165, 1.54) is 11.3 Å². The second-order valence-electron chi connectivity index (χ2n) is 7.97. The van der Waals surface area contributed by atoms with Gasteiger partial charge in [0.05, 0.1) is 0 Å². The van der Waals surface area contributed by atoms with Crippen LogP contribution in [0.2, 0.25) is 0 Å². The Morgan fingerprint density at radius 2 is 1.83 bits per heavy atom. The Morgan fingerprint density at radius 1 is 1.03 bits per heavy atom. The smallest absolute Gasteiger partial charge is 0.257 e. The second kappa shape index (κ2) is 11.6. The molecule has 0 unspecified atom stereocenters. The number of benzene rings is 2. The number of hydrogen-bond acceptors (Lipinski definition) is 4. The van der Waals surface area contributed by atoms with Gasteiger partial charge in [0.25, 0.3) is 5.91 Å². The van der Waals surface area contributed by atoms with Crippen molar-refractivity contribution in [1.29, 1.82) is 0 Å². The first-order valence-electron chi connectivity index (χ1n) is 11.2. The molecule has 0 aromatic heterocycles. The van der Waals surface area contributed by atoms with Crippen LogP contribution in [0.3, 0.4) is 0 Å². The predicted octanol–water partition coefficient (Wildman–Crippen LogP) is 3.65. The molecule has 3 rings (SSSR count). The highest BCUT2D eigenvalue weighted by atomic mass is 16.5. The molecule has 0 atom stereocenters. The molecule has 0 spiro atoms. The van der Waals surface area contributed by atoms with Crippen LogP contribution in [-0.4, -0.2) is 56.7 Å². The summed E-state index contributed by atoms with van der Waals surface area (Å²) in [6, 6.07) is 16.6. The van der Waals surface area contributed by atoms with Crippen molar-refractivity contribution in [3.8, 4) is 5.75 Å². The van der Waals surface area contributed by atoms with Gasteiger partial charge >= 0.3 is 0 Å². The summed E-state index contributed by atoms with van der Waals surface area (Å²) >= 11 is 0. The molecule has 1 heterocycles. The zero-order chi connectivity index (χ0) is 21.2. The number of amides is 1. The number of carbonyl (C=O) groups is 1. The highest BCUT2D eigenvalue weighted by Crippen LogP contribution is 2.19. The van der Waals surface area contributed by atoms with Crippen molar-refractivity contribution in [2.45, 2.75) is 33.1 Å². The highest BCUT2D eigenvalue weighted by Gasteiger charge is 2.16. The number of piperazine rings is 1. The van der Waals surface area contributed by atoms with Gasteiger partial charge in [-0.15, -0.1) is 0 Å². The summed E-state index contributed by atoms with van der Waals surface area (Å²) in [6.45, 7) is 10.5. The molecule has 2 aromatic carbocycles. The van der Waals surface area contributed by atoms with Crippen LogP contribution in [0.15, 0.2) is 48.5 Å². The lowest BCUT2D eigenvalue weighted by Crippen LogP contribution is -2.46. The molecule has 0 bridgehead atoms. The quantitative estimate of drug-likeness (QED) is 0.609. The standard InChI is InChI=1S/C25H35N3O2/c1-3-22-10-4-5-12-24(22)30-20-25(29)26-13-6-7-14-27-15-17-28(18-16-27)23-11-8-9-21(2)19-23/h4-5,8-12,19H,3,6-7,13-18,20H2,1-2H3,(H,26,29). The van der Waals surface area contributed by atoms with Crippen LogP contribution >= 0.6 is 0 Å². The van der Waals surface area contributed by atoms with E-state index in [0.717, 1.165) is 63.3 Å². The van der Waals surface area contributed by atoms with Crippen molar-refractivity contribution in [2.24, 2.45) is 0 Å². The lowest BCUT2D eigenvalue weighted by atomic mass is 10.1. The zero-order valence-corrected chi connectivity index (χ0v) is 18.4. The van der Waals surface area contributed by atoms with Gasteiger partial charge in [-0.3, -0.25) is 9.69 Å². The molecule has 0 radical (unpaired) electrons. The van der Waals surface area contributed by atoms with Crippen LogP contribution in [0.5, 0.6) is 5.75 Å². The number of ether oxygens (including phenoxy) is 1. The molecular formula is C25H35N3O2. The minimum Gasteiger partial charge on any atom is -0.483 e. The van der Waals surface area contributed by atoms with Crippen LogP contribution < -0.4 is 15.0 Å². The summed E-state index contributed by atoms with van der Waals surface area (Å²) in [5, 5.41) is 2.97. The van der Waals surface area contributed by atoms with Crippen molar-refractivity contribution < 1.29 is 9.53 Å². The summed E-state index contributed by atoms with van der Waals surface area (Å²) in [4.78, 5) is 17.0. The van der Waals surface area contributed by atoms with Crippen LogP contribution in [0, 0.1) is 6.92 Å². The largest absolute Gasteiger partial charge is 0.483 e. The summed E-state index contributed by atoms with van der Waals surface area (Å²) in [5.74, 6) is 0.757. The molecule has 0 aliphatic carbocycles. The van der Waals surface area contributed by atoms with E-state index in [2.05, 4.69) is 53.2 Å². The van der Waals surface area contributed by atoms with E-state index in [4.69, 9.17) is 4.74 Å². The maximum atomic E-state index is 12.0. The highest BCUT2D eigenvalue weighted by molar-refractivity contribution is 5.77. The van der Waals surface area contributed by atoms with Crippen LogP contribution in [0.1, 0.15) is 30.9 Å². The van der Waals surface area contributed by atoms with E-state index < -0.39 is 0 Å². The van der Waals surface area contributed by atoms with Gasteiger partial charge in [-0.2, -0.15) is 0 Å². The monoisotopic (exact) mass is 409 g/mol. The minimum absolute atomic E-state index is 0.0484. The molecule has 162 valence electrons. The Labute approximate surface area is 181 Å². The molecule has 1 aliphatic heterocycles. The SMILES string of the molecule is CCc1ccccc1OCC(=O)NCCCCN1CCN(c2cccc(C)c2)CC1. The lowest BCUT2D eigenvalue weighted by Gasteiger charge is -2.36. The second-order valence-corrected chi connectivity index (χ2v) is 7.97. The number of aryl methyl sites for hydroxylation is 2. The van der Waals surface area contributed by atoms with Gasteiger partial charge in [-0.05, 0) is 62.1 Å². The maximum absolute atomic E-state index is 12.0. The molecular weight excluding hydrogens is 374 g/mol. The first kappa shape index (κ1) is 22.2. The third-order valence-corrected chi connectivity index (χ3v) is 5.67. The van der Waals surface area contributed by atoms with E-state index in [1.807, 2.05) is 24.3 Å². The number of nitrogens with zero attached hydrogens (tertiary/aromatic N) is 2. The summed E-state index contributed by atoms with van der Waals surface area (Å²) in [6.07, 6.45) is 3.00. The third kappa shape index (κ3) is 6.77. The van der Waals surface area contributed by atoms with Crippen LogP contribution in [0.4, 0.5) is 5.69 Å². The average Bonchev–Trinajstić information content (AvgIpc) is 2.78. The van der Waals surface area contributed by atoms with Crippen molar-refractivity contribution in [2.75, 3.05) is 50.8 Å². The van der Waals surface area contributed by atoms with Crippen molar-refractivity contribution >= 4 is 11.6 Å². The predicted molar refractivity (Wildman–Crippen MR) is 123 cm³/mol. The van der Waals surface area contributed by atoms with E-state index in [1.54, 1.807) is 0 Å². The van der Waals surface area contributed by atoms with Crippen molar-refractivity contribution in [3.05, 3.63) is 59.7 Å². The molecule has 1 amide bonds. The van der Waals surface area contributed by atoms with Gasteiger partial charge in [-0.25, -0.2) is 0 Å². The van der Waals surface area contributed by atoms with E-state index in [0.29, 0.717) is 6.54 Å². The molecule has 1 fully saturated rings. The molecule has 0 saturated carbocycles. The average molecular weight is 410 g/mol. The van der Waals surface area contributed by atoms with Crippen molar-refractivity contribution in [1.82, 2.24) is 10.2 Å². The Kier molecular flexibility index (Phi) is 8.57. The fourth-order valence-electron chi connectivity index (χ4n) is 3.87. The zero-order valence-electron chi connectivity index (χ0n) is 18.4. The Bertz CT molecular complexity index is 800. The molecule has 1 aliphatic rings. The van der Waals surface area contributed by atoms with Gasteiger partial charge in [0.15, 0.2) is 6.61 Å². The normalized spacial score (nSPS) is 14.5. The topological polar surface area (TPSA) is 44.8 Å². The molecule has 5 heteroatoms. The van der Waals surface area contributed by atoms with Crippen molar-refractivity contribution in [3.63, 3.8) is 0 Å². The van der Waals surface area contributed by atoms with Gasteiger partial charge in [0.1, 0.15) is 5.75 Å². The number of nitrogens with one attached hydrogen (secondary N) is 1. The number of carbonyl (C=O) groups excluding carboxylic acids is 1. The van der Waals surface area contributed by atoms with Crippen LogP contribution in [-0.2, 0) is 11.2 Å². The third-order valence-electron chi connectivity index (χ3n) is 5.67. The first-order chi connectivity index (χ1) is 14.7. The number of rotatable bonds is 10. The Morgan fingerprint density at radius 3 is 2.60 bits per heavy atom. The summed E-state index contributed by atoms with van der Waals surface area (Å²) < 4.78 is 5.67. The maximum Gasteiger partial charge on any atom is 0.257 e. The first-order valence-corrected chi connectivity index (χ1v) is 11.2. The lowest BCUT2D eigenvalue weighted by molar-refractivity contribution is -0.123. The number of hydrogen-bond donors (Lipinski definition) is 1. The van der Waals surface area contributed by atoms with Crippen LogP contribution in [0.25, 0.3) is 0 Å². The molecule has 2 aromatic rings. The van der Waals surface area contributed by atoms with Gasteiger partial charge in [0.2, 0.25) is 0 Å². The van der Waals surface area contributed by atoms with Gasteiger partial charge in [0, 0.05) is 38.4 Å². The molecule has 30 heavy (non-hydrogen) atoms. The molecule has 1 N–H and O–H groups in total. The van der Waals surface area contributed by atoms with E-state index in [-0.39, 0.29) is 12.5 Å². The summed E-state index contributed by atoms with van der Waals surface area (Å²) in [7, 11) is 0. The summed E-state index contributed by atoms with van der Waals surface area (Å²) in [5.41, 5.74) is 3.78. The number of unbranched alkanes of at least 4 members (excludes halogenated alkanes) is 1. The fourth-order valence-corrected chi connectivity index (χ4v) is 3.87. The minimum atomic E-state index is -0.0484. The fraction of sp³-hybridized carbons (Fsp3) is 0.480. The number of anilines is 1. The van der Waals surface area contributed by atoms with Gasteiger partial charge in [-0.1, -0.05) is 37.3 Å². The van der Waals surface area contributed by atoms with E-state index in [9.17, 15) is 4.79 Å². The Hall–Kier alpha value is -2.53. The van der Waals surface area contributed by atoms with Gasteiger partial charge < -0.3 is 15.0 Å². The van der Waals surface area contributed by atoms with E-state index >= 15 is 0 Å². The number of para-hydroxylation sites is 1. The molecule has 5 nitrogen and oxygen atoms in total. The molecule has 1 saturated heterocycles. The Balaban J connectivity index is 1.26.